The Morgan fingerprint density at radius 3 is 2.97 bits per heavy atom. The normalized spacial score (nSPS) is 26.7. The monoisotopic (exact) mass is 471 g/mol. The maximum Gasteiger partial charge on any atom is 0.293 e. The van der Waals surface area contributed by atoms with Crippen molar-refractivity contribution in [2.75, 3.05) is 30.3 Å². The average molecular weight is 472 g/mol. The van der Waals surface area contributed by atoms with Crippen molar-refractivity contribution in [1.82, 2.24) is 14.9 Å². The number of nitrogens with two attached hydrogens (primary N) is 1. The second-order valence-corrected chi connectivity index (χ2v) is 10.1. The first-order valence-electron chi connectivity index (χ1n) is 10.9. The summed E-state index contributed by atoms with van der Waals surface area (Å²) in [6, 6.07) is 3.83. The van der Waals surface area contributed by atoms with Gasteiger partial charge in [-0.2, -0.15) is 4.98 Å². The molecular formula is C23H23Cl2N5O2. The molecule has 2 aromatic heterocycles. The molecule has 6 rings (SSSR count). The fourth-order valence-electron chi connectivity index (χ4n) is 5.74. The van der Waals surface area contributed by atoms with Crippen LogP contribution in [0, 0.1) is 11.3 Å². The Bertz CT molecular complexity index is 1260. The summed E-state index contributed by atoms with van der Waals surface area (Å²) in [5.74, 6) is 0.269. The number of anilines is 2. The van der Waals surface area contributed by atoms with Crippen LogP contribution in [0.5, 0.6) is 0 Å². The summed E-state index contributed by atoms with van der Waals surface area (Å²) in [5.41, 5.74) is 10.1. The third-order valence-electron chi connectivity index (χ3n) is 7.48. The fourth-order valence-corrected chi connectivity index (χ4v) is 6.43. The van der Waals surface area contributed by atoms with Crippen molar-refractivity contribution in [1.29, 1.82) is 0 Å². The van der Waals surface area contributed by atoms with Gasteiger partial charge >= 0.3 is 0 Å². The lowest BCUT2D eigenvalue weighted by molar-refractivity contribution is -0.136. The highest BCUT2D eigenvalue weighted by Crippen LogP contribution is 2.60. The van der Waals surface area contributed by atoms with Gasteiger partial charge in [0, 0.05) is 41.0 Å². The van der Waals surface area contributed by atoms with Crippen LogP contribution in [0.15, 0.2) is 28.9 Å². The number of carbonyl (C=O) groups is 1. The smallest absolute Gasteiger partial charge is 0.293 e. The van der Waals surface area contributed by atoms with E-state index < -0.39 is 0 Å². The van der Waals surface area contributed by atoms with Gasteiger partial charge in [0.25, 0.3) is 6.01 Å². The molecule has 1 amide bonds. The minimum absolute atomic E-state index is 0.00853. The van der Waals surface area contributed by atoms with Gasteiger partial charge in [-0.15, -0.1) is 0 Å². The van der Waals surface area contributed by atoms with E-state index in [2.05, 4.69) is 21.8 Å². The number of rotatable bonds is 2. The first-order valence-corrected chi connectivity index (χ1v) is 11.7. The molecule has 2 N–H and O–H groups in total. The molecule has 0 radical (unpaired) electrons. The minimum atomic E-state index is -0.0544. The number of hydrogen-bond donors (Lipinski definition) is 1. The van der Waals surface area contributed by atoms with Gasteiger partial charge < -0.3 is 20.0 Å². The Labute approximate surface area is 195 Å². The van der Waals surface area contributed by atoms with E-state index in [-0.39, 0.29) is 29.3 Å². The summed E-state index contributed by atoms with van der Waals surface area (Å²) in [5, 5.41) is 1.29. The molecular weight excluding hydrogens is 449 g/mol. The number of fused-ring (bicyclic) bond motifs is 2. The van der Waals surface area contributed by atoms with Gasteiger partial charge in [-0.25, -0.2) is 0 Å². The highest BCUT2D eigenvalue weighted by molar-refractivity contribution is 6.35. The number of carbonyl (C=O) groups excluding carboxylic acids is 1. The molecule has 32 heavy (non-hydrogen) atoms. The van der Waals surface area contributed by atoms with E-state index in [1.807, 2.05) is 11.0 Å². The SMILES string of the molecule is C[C@H]1c2c(Cl)cc(Cl)cc2CCN1C(=O)[C@H]1C[C@]12CCN(c1cncc3nc(N)oc13)C2. The Morgan fingerprint density at radius 1 is 1.28 bits per heavy atom. The highest BCUT2D eigenvalue weighted by atomic mass is 35.5. The van der Waals surface area contributed by atoms with Crippen LogP contribution in [0.25, 0.3) is 11.1 Å². The topological polar surface area (TPSA) is 88.5 Å². The van der Waals surface area contributed by atoms with Crippen molar-refractivity contribution in [3.8, 4) is 0 Å². The van der Waals surface area contributed by atoms with Gasteiger partial charge in [-0.3, -0.25) is 9.78 Å². The van der Waals surface area contributed by atoms with Crippen molar-refractivity contribution < 1.29 is 9.21 Å². The Kier molecular flexibility index (Phi) is 4.40. The zero-order chi connectivity index (χ0) is 22.2. The molecule has 3 aliphatic rings. The molecule has 0 bridgehead atoms. The molecule has 1 aliphatic carbocycles. The third kappa shape index (κ3) is 2.98. The quantitative estimate of drug-likeness (QED) is 0.592. The van der Waals surface area contributed by atoms with E-state index in [1.165, 1.54) is 0 Å². The second-order valence-electron chi connectivity index (χ2n) is 9.27. The summed E-state index contributed by atoms with van der Waals surface area (Å²) in [6.07, 6.45) is 6.11. The van der Waals surface area contributed by atoms with Crippen molar-refractivity contribution in [3.05, 3.63) is 45.7 Å². The number of benzene rings is 1. The lowest BCUT2D eigenvalue weighted by Crippen LogP contribution is -2.41. The zero-order valence-electron chi connectivity index (χ0n) is 17.6. The standard InChI is InChI=1S/C23H23Cl2N5O2/c1-12-19-13(6-14(24)7-16(19)25)2-4-30(12)21(31)15-8-23(15)3-5-29(11-23)18-10-27-9-17-20(18)32-22(26)28-17/h6-7,9-10,12,15H,2-5,8,11H2,1H3,(H2,26,28)/t12-,15+,23-/m0/s1. The van der Waals surface area contributed by atoms with Gasteiger partial charge in [-0.05, 0) is 49.4 Å². The first-order chi connectivity index (χ1) is 15.4. The Hall–Kier alpha value is -2.51. The van der Waals surface area contributed by atoms with E-state index in [0.717, 1.165) is 49.2 Å². The number of halogens is 2. The van der Waals surface area contributed by atoms with Crippen LogP contribution in [0.2, 0.25) is 10.0 Å². The largest absolute Gasteiger partial charge is 0.421 e. The van der Waals surface area contributed by atoms with E-state index in [4.69, 9.17) is 33.4 Å². The summed E-state index contributed by atoms with van der Waals surface area (Å²) in [7, 11) is 0. The highest BCUT2D eigenvalue weighted by Gasteiger charge is 2.62. The van der Waals surface area contributed by atoms with Crippen LogP contribution in [0.3, 0.4) is 0 Å². The lowest BCUT2D eigenvalue weighted by atomic mass is 9.92. The number of nitrogens with zero attached hydrogens (tertiary/aromatic N) is 4. The summed E-state index contributed by atoms with van der Waals surface area (Å²) < 4.78 is 5.62. The van der Waals surface area contributed by atoms with Gasteiger partial charge in [0.05, 0.1) is 18.4 Å². The average Bonchev–Trinajstić information content (AvgIpc) is 3.06. The van der Waals surface area contributed by atoms with Gasteiger partial charge in [0.15, 0.2) is 5.58 Å². The van der Waals surface area contributed by atoms with Crippen molar-refractivity contribution in [3.63, 3.8) is 0 Å². The maximum atomic E-state index is 13.6. The third-order valence-corrected chi connectivity index (χ3v) is 8.01. The summed E-state index contributed by atoms with van der Waals surface area (Å²) >= 11 is 12.7. The van der Waals surface area contributed by atoms with E-state index in [0.29, 0.717) is 27.7 Å². The van der Waals surface area contributed by atoms with Crippen LogP contribution in [-0.2, 0) is 11.2 Å². The van der Waals surface area contributed by atoms with Crippen LogP contribution >= 0.6 is 23.2 Å². The number of aromatic nitrogens is 2. The molecule has 1 spiro atoms. The molecule has 2 fully saturated rings. The zero-order valence-corrected chi connectivity index (χ0v) is 19.2. The predicted molar refractivity (Wildman–Crippen MR) is 124 cm³/mol. The molecule has 3 aromatic rings. The van der Waals surface area contributed by atoms with Crippen LogP contribution in [0.4, 0.5) is 11.7 Å². The molecule has 7 nitrogen and oxygen atoms in total. The van der Waals surface area contributed by atoms with Gasteiger partial charge in [0.1, 0.15) is 11.2 Å². The minimum Gasteiger partial charge on any atom is -0.421 e. The summed E-state index contributed by atoms with van der Waals surface area (Å²) in [6.45, 7) is 4.42. The number of hydrogen-bond acceptors (Lipinski definition) is 6. The van der Waals surface area contributed by atoms with E-state index in [1.54, 1.807) is 18.5 Å². The Morgan fingerprint density at radius 2 is 2.12 bits per heavy atom. The van der Waals surface area contributed by atoms with Crippen molar-refractivity contribution in [2.24, 2.45) is 11.3 Å². The molecule has 9 heteroatoms. The van der Waals surface area contributed by atoms with Crippen LogP contribution in [-0.4, -0.2) is 40.4 Å². The second kappa shape index (κ2) is 6.99. The summed E-state index contributed by atoms with van der Waals surface area (Å²) in [4.78, 5) is 26.3. The van der Waals surface area contributed by atoms with Crippen molar-refractivity contribution in [2.45, 2.75) is 32.2 Å². The van der Waals surface area contributed by atoms with E-state index in [9.17, 15) is 4.79 Å². The number of pyridine rings is 1. The van der Waals surface area contributed by atoms with Gasteiger partial charge in [-0.1, -0.05) is 23.2 Å². The van der Waals surface area contributed by atoms with Crippen molar-refractivity contribution >= 4 is 51.9 Å². The van der Waals surface area contributed by atoms with Gasteiger partial charge in [0.2, 0.25) is 5.91 Å². The Balaban J connectivity index is 1.21. The fraction of sp³-hybridized carbons (Fsp3) is 0.435. The molecule has 166 valence electrons. The molecule has 1 aromatic carbocycles. The molecule has 1 saturated heterocycles. The predicted octanol–water partition coefficient (Wildman–Crippen LogP) is 4.47. The van der Waals surface area contributed by atoms with Crippen LogP contribution < -0.4 is 10.6 Å². The molecule has 2 aliphatic heterocycles. The number of nitrogen functional groups attached to an aromatic ring is 1. The molecule has 0 unspecified atom stereocenters. The maximum absolute atomic E-state index is 13.6. The van der Waals surface area contributed by atoms with E-state index >= 15 is 0 Å². The molecule has 1 saturated carbocycles. The number of amides is 1. The molecule has 3 atom stereocenters. The first kappa shape index (κ1) is 20.1. The lowest BCUT2D eigenvalue weighted by Gasteiger charge is -2.36. The molecule has 4 heterocycles. The van der Waals surface area contributed by atoms with Crippen LogP contribution in [0.1, 0.15) is 36.9 Å². The number of oxazole rings is 1.